The molecule has 1 aliphatic heterocycles. The molecule has 3 nitrogen and oxygen atoms in total. The summed E-state index contributed by atoms with van der Waals surface area (Å²) in [5.41, 5.74) is 1.87. The molecule has 1 saturated heterocycles. The molecule has 1 heterocycles. The normalized spacial score (nSPS) is 17.1. The van der Waals surface area contributed by atoms with Gasteiger partial charge >= 0.3 is 0 Å². The lowest BCUT2D eigenvalue weighted by Gasteiger charge is -2.32. The van der Waals surface area contributed by atoms with Gasteiger partial charge in [0.15, 0.2) is 0 Å². The Hall–Kier alpha value is -0.620. The molecule has 0 radical (unpaired) electrons. The second-order valence-corrected chi connectivity index (χ2v) is 10.1. The Morgan fingerprint density at radius 2 is 1.60 bits per heavy atom. The molecule has 0 spiro atoms. The number of rotatable bonds is 8. The maximum Gasteiger partial charge on any atom is 0.224 e. The number of carbonyl (C=O) groups excluding carboxylic acids is 1. The van der Waals surface area contributed by atoms with E-state index in [1.807, 2.05) is 36.4 Å². The van der Waals surface area contributed by atoms with Crippen LogP contribution in [0.5, 0.6) is 0 Å². The number of carbonyl (C=O) groups is 1. The molecule has 2 aromatic carbocycles. The third kappa shape index (κ3) is 6.69. The predicted molar refractivity (Wildman–Crippen MR) is 130 cm³/mol. The Bertz CT molecular complexity index is 840. The first-order chi connectivity index (χ1) is 14.5. The monoisotopic (exact) mass is 504 g/mol. The van der Waals surface area contributed by atoms with Gasteiger partial charge in [0.25, 0.3) is 0 Å². The molecule has 0 saturated carbocycles. The van der Waals surface area contributed by atoms with E-state index in [2.05, 4.69) is 10.2 Å². The molecule has 8 heteroatoms. The van der Waals surface area contributed by atoms with Crippen molar-refractivity contribution < 1.29 is 4.79 Å². The molecule has 1 unspecified atom stereocenters. The van der Waals surface area contributed by atoms with Gasteiger partial charge in [-0.2, -0.15) is 11.8 Å². The van der Waals surface area contributed by atoms with Gasteiger partial charge in [-0.05, 0) is 49.2 Å². The number of amides is 1. The van der Waals surface area contributed by atoms with Crippen molar-refractivity contribution in [2.75, 3.05) is 25.4 Å². The van der Waals surface area contributed by atoms with Crippen molar-refractivity contribution in [1.82, 2.24) is 10.2 Å². The van der Waals surface area contributed by atoms with Crippen LogP contribution >= 0.6 is 58.2 Å². The summed E-state index contributed by atoms with van der Waals surface area (Å²) in [4.78, 5) is 14.9. The summed E-state index contributed by atoms with van der Waals surface area (Å²) < 4.78 is 0. The molecule has 0 bridgehead atoms. The minimum Gasteiger partial charge on any atom is -0.355 e. The number of nitrogens with one attached hydrogen (secondary N) is 1. The zero-order chi connectivity index (χ0) is 21.5. The quantitative estimate of drug-likeness (QED) is 0.412. The van der Waals surface area contributed by atoms with Crippen molar-refractivity contribution in [3.05, 3.63) is 67.6 Å². The molecule has 3 rings (SSSR count). The van der Waals surface area contributed by atoms with Gasteiger partial charge in [-0.25, -0.2) is 0 Å². The van der Waals surface area contributed by atoms with Gasteiger partial charge in [-0.3, -0.25) is 9.69 Å². The second kappa shape index (κ2) is 11.8. The predicted octanol–water partition coefficient (Wildman–Crippen LogP) is 6.56. The molecule has 162 valence electrons. The van der Waals surface area contributed by atoms with Gasteiger partial charge in [0.2, 0.25) is 5.91 Å². The maximum atomic E-state index is 12.6. The van der Waals surface area contributed by atoms with Crippen LogP contribution in [0.1, 0.15) is 24.0 Å². The Kier molecular flexibility index (Phi) is 9.49. The zero-order valence-corrected chi connectivity index (χ0v) is 20.3. The molecule has 1 aliphatic rings. The first-order valence-electron chi connectivity index (χ1n) is 9.89. The van der Waals surface area contributed by atoms with Crippen LogP contribution in [-0.4, -0.2) is 36.2 Å². The fourth-order valence-electron chi connectivity index (χ4n) is 3.56. The van der Waals surface area contributed by atoms with Crippen LogP contribution in [0.4, 0.5) is 0 Å². The summed E-state index contributed by atoms with van der Waals surface area (Å²) in [6.07, 6.45) is 1.89. The minimum atomic E-state index is -0.0111. The van der Waals surface area contributed by atoms with Crippen molar-refractivity contribution in [3.8, 4) is 0 Å². The first-order valence-corrected chi connectivity index (χ1v) is 12.6. The van der Waals surface area contributed by atoms with Crippen molar-refractivity contribution in [2.24, 2.45) is 5.92 Å². The molecular weight excluding hydrogens is 482 g/mol. The SMILES string of the molecule is O=C(NCCSCc1c(Cl)cccc1Cl)C1CCCN(Cc2c(Cl)cccc2Cl)C1. The lowest BCUT2D eigenvalue weighted by Crippen LogP contribution is -2.43. The third-order valence-electron chi connectivity index (χ3n) is 5.17. The van der Waals surface area contributed by atoms with Crippen LogP contribution in [0.2, 0.25) is 20.1 Å². The van der Waals surface area contributed by atoms with Gasteiger partial charge in [-0.1, -0.05) is 58.5 Å². The Balaban J connectivity index is 1.42. The number of thioether (sulfide) groups is 1. The molecule has 1 fully saturated rings. The van der Waals surface area contributed by atoms with Crippen LogP contribution in [-0.2, 0) is 17.1 Å². The van der Waals surface area contributed by atoms with Crippen molar-refractivity contribution in [2.45, 2.75) is 25.1 Å². The van der Waals surface area contributed by atoms with E-state index in [1.54, 1.807) is 11.8 Å². The maximum absolute atomic E-state index is 12.6. The molecule has 1 amide bonds. The highest BCUT2D eigenvalue weighted by Gasteiger charge is 2.26. The lowest BCUT2D eigenvalue weighted by atomic mass is 9.96. The van der Waals surface area contributed by atoms with E-state index >= 15 is 0 Å². The number of nitrogens with zero attached hydrogens (tertiary/aromatic N) is 1. The summed E-state index contributed by atoms with van der Waals surface area (Å²) >= 11 is 26.7. The number of likely N-dealkylation sites (tertiary alicyclic amines) is 1. The average molecular weight is 506 g/mol. The van der Waals surface area contributed by atoms with Crippen molar-refractivity contribution >= 4 is 64.1 Å². The summed E-state index contributed by atoms with van der Waals surface area (Å²) in [5, 5.41) is 5.77. The Labute approximate surface area is 202 Å². The molecule has 1 N–H and O–H groups in total. The van der Waals surface area contributed by atoms with E-state index in [-0.39, 0.29) is 11.8 Å². The summed E-state index contributed by atoms with van der Waals surface area (Å²) in [6, 6.07) is 11.1. The topological polar surface area (TPSA) is 32.3 Å². The van der Waals surface area contributed by atoms with E-state index in [0.29, 0.717) is 33.2 Å². The number of piperidine rings is 1. The zero-order valence-electron chi connectivity index (χ0n) is 16.5. The third-order valence-corrected chi connectivity index (χ3v) is 7.58. The van der Waals surface area contributed by atoms with Gasteiger partial charge in [0, 0.05) is 56.8 Å². The molecule has 0 aliphatic carbocycles. The second-order valence-electron chi connectivity index (χ2n) is 7.32. The van der Waals surface area contributed by atoms with Crippen LogP contribution in [0.3, 0.4) is 0 Å². The lowest BCUT2D eigenvalue weighted by molar-refractivity contribution is -0.126. The molecule has 1 atom stereocenters. The average Bonchev–Trinajstić information content (AvgIpc) is 2.72. The summed E-state index contributed by atoms with van der Waals surface area (Å²) in [5.74, 6) is 1.63. The van der Waals surface area contributed by atoms with E-state index in [0.717, 1.165) is 48.6 Å². The minimum absolute atomic E-state index is 0.0111. The highest BCUT2D eigenvalue weighted by Crippen LogP contribution is 2.29. The highest BCUT2D eigenvalue weighted by molar-refractivity contribution is 7.98. The Morgan fingerprint density at radius 1 is 1.00 bits per heavy atom. The van der Waals surface area contributed by atoms with Crippen LogP contribution in [0.15, 0.2) is 36.4 Å². The van der Waals surface area contributed by atoms with Gasteiger partial charge in [0.1, 0.15) is 0 Å². The van der Waals surface area contributed by atoms with Gasteiger partial charge < -0.3 is 5.32 Å². The van der Waals surface area contributed by atoms with E-state index < -0.39 is 0 Å². The van der Waals surface area contributed by atoms with Gasteiger partial charge in [-0.15, -0.1) is 0 Å². The standard InChI is InChI=1S/C22H24Cl4N2OS/c23-18-5-1-6-19(24)16(18)13-28-10-3-4-15(12-28)22(29)27-9-11-30-14-17-20(25)7-2-8-21(17)26/h1-2,5-8,15H,3-4,9-14H2,(H,27,29). The smallest absolute Gasteiger partial charge is 0.224 e. The molecule has 30 heavy (non-hydrogen) atoms. The number of benzene rings is 2. The fourth-order valence-corrected chi connectivity index (χ4v) is 5.67. The molecular formula is C22H24Cl4N2OS. The summed E-state index contributed by atoms with van der Waals surface area (Å²) in [7, 11) is 0. The number of hydrogen-bond donors (Lipinski definition) is 1. The largest absolute Gasteiger partial charge is 0.355 e. The number of hydrogen-bond acceptors (Lipinski definition) is 3. The van der Waals surface area contributed by atoms with Crippen LogP contribution in [0, 0.1) is 5.92 Å². The van der Waals surface area contributed by atoms with E-state index in [1.165, 1.54) is 0 Å². The highest BCUT2D eigenvalue weighted by atomic mass is 35.5. The first kappa shape index (κ1) is 24.0. The number of halogens is 4. The molecule has 2 aromatic rings. The van der Waals surface area contributed by atoms with Crippen LogP contribution in [0.25, 0.3) is 0 Å². The van der Waals surface area contributed by atoms with Crippen LogP contribution < -0.4 is 5.32 Å². The molecule has 0 aromatic heterocycles. The van der Waals surface area contributed by atoms with Crippen molar-refractivity contribution in [1.29, 1.82) is 0 Å². The van der Waals surface area contributed by atoms with Gasteiger partial charge in [0.05, 0.1) is 5.92 Å². The fraction of sp³-hybridized carbons (Fsp3) is 0.409. The van der Waals surface area contributed by atoms with E-state index in [9.17, 15) is 4.79 Å². The summed E-state index contributed by atoms with van der Waals surface area (Å²) in [6.45, 7) is 2.95. The Morgan fingerprint density at radius 3 is 2.23 bits per heavy atom. The van der Waals surface area contributed by atoms with E-state index in [4.69, 9.17) is 46.4 Å². The van der Waals surface area contributed by atoms with Crippen molar-refractivity contribution in [3.63, 3.8) is 0 Å².